The highest BCUT2D eigenvalue weighted by atomic mass is 32.1. The predicted molar refractivity (Wildman–Crippen MR) is 117 cm³/mol. The Hall–Kier alpha value is -1.88. The van der Waals surface area contributed by atoms with Gasteiger partial charge in [-0.1, -0.05) is 6.07 Å². The smallest absolute Gasteiger partial charge is 0.387 e. The van der Waals surface area contributed by atoms with Gasteiger partial charge in [0.05, 0.1) is 19.8 Å². The summed E-state index contributed by atoms with van der Waals surface area (Å²) in [7, 11) is -10.5. The van der Waals surface area contributed by atoms with E-state index in [4.69, 9.17) is 20.3 Å². The number of anilines is 3. The van der Waals surface area contributed by atoms with Crippen LogP contribution in [-0.2, 0) is 29.2 Å². The zero-order valence-electron chi connectivity index (χ0n) is 17.1. The minimum atomic E-state index is -5.34. The molecule has 16 nitrogen and oxygen atoms in total. The Labute approximate surface area is 195 Å². The molecule has 0 spiro atoms. The monoisotopic (exact) mass is 541 g/mol. The van der Waals surface area contributed by atoms with Gasteiger partial charge in [-0.05, 0) is 11.4 Å². The van der Waals surface area contributed by atoms with Crippen molar-refractivity contribution in [2.45, 2.75) is 31.1 Å². The highest BCUT2D eigenvalue weighted by Crippen LogP contribution is 2.57. The number of hydrogen-bond acceptors (Lipinski definition) is 13. The molecule has 0 bridgehead atoms. The number of nitrogens with one attached hydrogen (secondary N) is 1. The molecule has 0 amide bonds. The molecular formula is C15H21N5O11P2S. The first-order valence-corrected chi connectivity index (χ1v) is 13.4. The van der Waals surface area contributed by atoms with Gasteiger partial charge in [0.15, 0.2) is 12.0 Å². The Morgan fingerprint density at radius 2 is 2.03 bits per heavy atom. The van der Waals surface area contributed by atoms with Crippen molar-refractivity contribution in [1.29, 1.82) is 0 Å². The summed E-state index contributed by atoms with van der Waals surface area (Å²) in [5.41, 5.74) is 5.34. The summed E-state index contributed by atoms with van der Waals surface area (Å²) in [6, 6.07) is 3.72. The molecule has 0 radical (unpaired) electrons. The maximum Gasteiger partial charge on any atom is 0.481 e. The number of nitrogen functional groups attached to an aromatic ring is 1. The van der Waals surface area contributed by atoms with Crippen LogP contribution in [0.1, 0.15) is 4.88 Å². The van der Waals surface area contributed by atoms with Gasteiger partial charge in [0, 0.05) is 4.88 Å². The van der Waals surface area contributed by atoms with E-state index in [1.54, 1.807) is 4.90 Å². The maximum atomic E-state index is 12.6. The number of nitrogens with zero attached hydrogens (tertiary/aromatic N) is 3. The van der Waals surface area contributed by atoms with E-state index >= 15 is 0 Å². The molecule has 2 aromatic heterocycles. The molecule has 0 aliphatic carbocycles. The van der Waals surface area contributed by atoms with Gasteiger partial charge in [0.1, 0.15) is 24.0 Å². The number of ether oxygens (including phenoxy) is 1. The molecule has 0 aromatic carbocycles. The van der Waals surface area contributed by atoms with Crippen molar-refractivity contribution in [3.63, 3.8) is 0 Å². The zero-order valence-corrected chi connectivity index (χ0v) is 19.7. The van der Waals surface area contributed by atoms with Crippen molar-refractivity contribution >= 4 is 44.4 Å². The highest BCUT2D eigenvalue weighted by Gasteiger charge is 2.50. The van der Waals surface area contributed by atoms with Crippen LogP contribution in [0.15, 0.2) is 22.3 Å². The molecule has 1 fully saturated rings. The molecule has 1 unspecified atom stereocenters. The first-order chi connectivity index (χ1) is 15.8. The molecule has 2 aliphatic heterocycles. The molecule has 5 atom stereocenters. The van der Waals surface area contributed by atoms with E-state index in [1.165, 1.54) is 16.2 Å². The fourth-order valence-electron chi connectivity index (χ4n) is 3.65. The van der Waals surface area contributed by atoms with Gasteiger partial charge in [0.25, 0.3) is 5.56 Å². The number of thiophene rings is 1. The lowest BCUT2D eigenvalue weighted by atomic mass is 10.1. The second kappa shape index (κ2) is 9.29. The maximum absolute atomic E-state index is 12.6. The number of phosphoric ester groups is 1. The second-order valence-electron chi connectivity index (χ2n) is 7.39. The van der Waals surface area contributed by atoms with E-state index < -0.39 is 52.4 Å². The second-order valence-corrected chi connectivity index (χ2v) is 11.3. The molecular weight excluding hydrogens is 520 g/mol. The van der Waals surface area contributed by atoms with Crippen LogP contribution >= 0.6 is 27.0 Å². The third-order valence-corrected chi connectivity index (χ3v) is 8.00. The molecule has 2 aliphatic rings. The molecule has 4 heterocycles. The largest absolute Gasteiger partial charge is 0.481 e. The van der Waals surface area contributed by atoms with E-state index in [9.17, 15) is 29.0 Å². The Morgan fingerprint density at radius 1 is 1.29 bits per heavy atom. The van der Waals surface area contributed by atoms with Crippen LogP contribution in [0.5, 0.6) is 0 Å². The first kappa shape index (κ1) is 25.2. The summed E-state index contributed by atoms with van der Waals surface area (Å²) in [5.74, 6) is -0.0938. The third-order valence-electron chi connectivity index (χ3n) is 4.99. The molecule has 8 N–H and O–H groups in total. The lowest BCUT2D eigenvalue weighted by molar-refractivity contribution is -0.0217. The first-order valence-electron chi connectivity index (χ1n) is 9.54. The standard InChI is InChI=1S/C15H21N5O11P2S/c16-15-17-12-9(13(23)18-15)19(4-7-2-1-3-34-7)6-20(12)14-11(22)10(21)8(30-14)5-29-33(27,28)31-32(24,25)26/h1-3,8,10-11,14,21-22H,4-6H2,(H,27,28)(H2,24,25,26)(H3,16,17,18,23)/t8-,10-,11-,14-/m1/s1. The molecule has 0 saturated carbocycles. The van der Waals surface area contributed by atoms with Gasteiger partial charge in [-0.2, -0.15) is 9.29 Å². The summed E-state index contributed by atoms with van der Waals surface area (Å²) in [6.45, 7) is -0.497. The minimum Gasteiger partial charge on any atom is -0.387 e. The summed E-state index contributed by atoms with van der Waals surface area (Å²) in [6.07, 6.45) is -5.87. The number of aromatic nitrogens is 2. The Bertz CT molecular complexity index is 1190. The Morgan fingerprint density at radius 3 is 2.68 bits per heavy atom. The fourth-order valence-corrected chi connectivity index (χ4v) is 5.97. The molecule has 4 rings (SSSR count). The van der Waals surface area contributed by atoms with Crippen molar-refractivity contribution in [2.75, 3.05) is 28.8 Å². The number of nitrogens with two attached hydrogens (primary N) is 1. The lowest BCUT2D eigenvalue weighted by Gasteiger charge is -2.28. The summed E-state index contributed by atoms with van der Waals surface area (Å²) < 4.78 is 36.3. The van der Waals surface area contributed by atoms with Gasteiger partial charge >= 0.3 is 15.6 Å². The summed E-state index contributed by atoms with van der Waals surface area (Å²) in [5, 5.41) is 22.8. The Kier molecular flexibility index (Phi) is 6.89. The highest BCUT2D eigenvalue weighted by molar-refractivity contribution is 7.60. The van der Waals surface area contributed by atoms with Crippen LogP contribution in [0, 0.1) is 0 Å². The van der Waals surface area contributed by atoms with E-state index in [2.05, 4.69) is 18.8 Å². The van der Waals surface area contributed by atoms with Crippen molar-refractivity contribution < 1.29 is 47.6 Å². The van der Waals surface area contributed by atoms with Gasteiger partial charge in [-0.15, -0.1) is 11.3 Å². The van der Waals surface area contributed by atoms with Gasteiger partial charge < -0.3 is 45.2 Å². The number of aromatic amines is 1. The molecule has 19 heteroatoms. The van der Waals surface area contributed by atoms with E-state index in [-0.39, 0.29) is 24.1 Å². The zero-order chi connectivity index (χ0) is 24.8. The van der Waals surface area contributed by atoms with Crippen molar-refractivity contribution in [2.24, 2.45) is 0 Å². The predicted octanol–water partition coefficient (Wildman–Crippen LogP) is -1.13. The minimum absolute atomic E-state index is 0.0224. The number of aliphatic hydroxyl groups is 2. The average molecular weight is 541 g/mol. The number of H-pyrrole nitrogens is 1. The number of rotatable bonds is 8. The molecule has 188 valence electrons. The topological polar surface area (TPSA) is 241 Å². The quantitative estimate of drug-likeness (QED) is 0.196. The third kappa shape index (κ3) is 5.35. The van der Waals surface area contributed by atoms with Crippen LogP contribution in [0.2, 0.25) is 0 Å². The fraction of sp³-hybridized carbons (Fsp3) is 0.467. The van der Waals surface area contributed by atoms with Crippen molar-refractivity contribution in [3.05, 3.63) is 32.7 Å². The molecule has 1 saturated heterocycles. The van der Waals surface area contributed by atoms with Crippen LogP contribution in [-0.4, -0.2) is 72.7 Å². The van der Waals surface area contributed by atoms with Crippen LogP contribution in [0.3, 0.4) is 0 Å². The molecule has 2 aromatic rings. The SMILES string of the molecule is Nc1nc2c(c(=O)[nH]1)N(Cc1cccs1)CN2[C@@H]1O[C@H](COP(=O)(O)OP(=O)(O)O)[C@@H](O)[C@H]1O. The van der Waals surface area contributed by atoms with E-state index in [0.29, 0.717) is 6.54 Å². The van der Waals surface area contributed by atoms with Crippen LogP contribution < -0.4 is 21.1 Å². The van der Waals surface area contributed by atoms with Gasteiger partial charge in [-0.25, -0.2) is 9.13 Å². The van der Waals surface area contributed by atoms with Crippen molar-refractivity contribution in [3.8, 4) is 0 Å². The number of aliphatic hydroxyl groups excluding tert-OH is 2. The lowest BCUT2D eigenvalue weighted by Crippen LogP contribution is -2.46. The Balaban J connectivity index is 1.54. The van der Waals surface area contributed by atoms with Gasteiger partial charge in [-0.3, -0.25) is 14.3 Å². The number of hydrogen-bond donors (Lipinski definition) is 7. The summed E-state index contributed by atoms with van der Waals surface area (Å²) >= 11 is 1.47. The number of fused-ring (bicyclic) bond motifs is 1. The molecule has 34 heavy (non-hydrogen) atoms. The normalized spacial score (nSPS) is 26.6. The van der Waals surface area contributed by atoms with E-state index in [0.717, 1.165) is 4.88 Å². The average Bonchev–Trinajstić information content (AvgIpc) is 3.39. The van der Waals surface area contributed by atoms with E-state index in [1.807, 2.05) is 17.5 Å². The van der Waals surface area contributed by atoms with Crippen LogP contribution in [0.25, 0.3) is 0 Å². The summed E-state index contributed by atoms with van der Waals surface area (Å²) in [4.78, 5) is 50.0. The van der Waals surface area contributed by atoms with Crippen molar-refractivity contribution in [1.82, 2.24) is 9.97 Å². The van der Waals surface area contributed by atoms with Crippen LogP contribution in [0.4, 0.5) is 17.5 Å². The van der Waals surface area contributed by atoms with Gasteiger partial charge in [0.2, 0.25) is 5.95 Å². The number of phosphoric acid groups is 2.